The number of carbonyl (C=O) groups is 2. The van der Waals surface area contributed by atoms with Crippen molar-refractivity contribution in [2.75, 3.05) is 32.1 Å². The van der Waals surface area contributed by atoms with Crippen molar-refractivity contribution in [3.05, 3.63) is 35.9 Å². The van der Waals surface area contributed by atoms with Crippen molar-refractivity contribution in [2.45, 2.75) is 19.3 Å². The number of nitrogens with zero attached hydrogens (tertiary/aromatic N) is 1. The molecule has 2 amide bonds. The maximum absolute atomic E-state index is 11.9. The van der Waals surface area contributed by atoms with E-state index in [1.54, 1.807) is 0 Å². The zero-order valence-corrected chi connectivity index (χ0v) is 14.3. The third-order valence-corrected chi connectivity index (χ3v) is 5.07. The summed E-state index contributed by atoms with van der Waals surface area (Å²) >= 11 is 0. The van der Waals surface area contributed by atoms with Crippen LogP contribution in [0.3, 0.4) is 0 Å². The lowest BCUT2D eigenvalue weighted by molar-refractivity contribution is -0.139. The highest BCUT2D eigenvalue weighted by molar-refractivity contribution is 7.89. The van der Waals surface area contributed by atoms with Gasteiger partial charge in [-0.3, -0.25) is 14.5 Å². The van der Waals surface area contributed by atoms with E-state index in [1.807, 2.05) is 30.3 Å². The Balaban J connectivity index is 1.57. The van der Waals surface area contributed by atoms with E-state index in [-0.39, 0.29) is 56.7 Å². The molecule has 0 atom stereocenters. The average Bonchev–Trinajstić information content (AvgIpc) is 2.89. The van der Waals surface area contributed by atoms with Crippen LogP contribution in [0.15, 0.2) is 30.3 Å². The summed E-state index contributed by atoms with van der Waals surface area (Å²) in [5.41, 5.74) is 0.971. The minimum absolute atomic E-state index is 0.0216. The number of benzene rings is 1. The molecule has 24 heavy (non-hydrogen) atoms. The molecule has 1 aromatic carbocycles. The molecule has 1 aliphatic rings. The fraction of sp³-hybridized carbons (Fsp3) is 0.500. The maximum atomic E-state index is 11.9. The minimum Gasteiger partial charge on any atom is -0.378 e. The van der Waals surface area contributed by atoms with Crippen LogP contribution in [0.2, 0.25) is 0 Å². The van der Waals surface area contributed by atoms with Gasteiger partial charge in [-0.25, -0.2) is 13.1 Å². The number of sulfonamides is 1. The van der Waals surface area contributed by atoms with E-state index >= 15 is 0 Å². The second-order valence-corrected chi connectivity index (χ2v) is 7.43. The normalized spacial score (nSPS) is 15.2. The lowest BCUT2D eigenvalue weighted by atomic mass is 10.2. The van der Waals surface area contributed by atoms with Crippen LogP contribution in [0.4, 0.5) is 0 Å². The number of imide groups is 1. The van der Waals surface area contributed by atoms with Crippen molar-refractivity contribution in [3.8, 4) is 0 Å². The van der Waals surface area contributed by atoms with Crippen molar-refractivity contribution in [1.29, 1.82) is 0 Å². The zero-order chi connectivity index (χ0) is 17.4. The van der Waals surface area contributed by atoms with Crippen molar-refractivity contribution in [2.24, 2.45) is 0 Å². The van der Waals surface area contributed by atoms with Gasteiger partial charge in [0.05, 0.1) is 25.5 Å². The summed E-state index contributed by atoms with van der Waals surface area (Å²) in [4.78, 5) is 24.0. The van der Waals surface area contributed by atoms with Crippen LogP contribution >= 0.6 is 0 Å². The molecule has 0 unspecified atom stereocenters. The molecule has 1 N–H and O–H groups in total. The lowest BCUT2D eigenvalue weighted by Crippen LogP contribution is -2.34. The van der Waals surface area contributed by atoms with Crippen LogP contribution in [0.1, 0.15) is 18.4 Å². The van der Waals surface area contributed by atoms with Gasteiger partial charge in [0.15, 0.2) is 0 Å². The summed E-state index contributed by atoms with van der Waals surface area (Å²) in [6.07, 6.45) is 0.982. The van der Waals surface area contributed by atoms with Gasteiger partial charge in [0, 0.05) is 19.4 Å². The molecule has 1 fully saturated rings. The molecule has 132 valence electrons. The fourth-order valence-corrected chi connectivity index (χ4v) is 3.41. The number of ether oxygens (including phenoxy) is 1. The standard InChI is InChI=1S/C16H22N2O5S/c19-15-6-7-16(20)18(15)10-12-23-11-9-17-24(21,22)13-8-14-4-2-1-3-5-14/h1-5,17H,6-13H2. The van der Waals surface area contributed by atoms with Gasteiger partial charge in [-0.05, 0) is 12.0 Å². The molecule has 1 saturated heterocycles. The molecule has 8 heteroatoms. The first-order chi connectivity index (χ1) is 11.5. The number of amides is 2. The Bertz CT molecular complexity index is 644. The second-order valence-electron chi connectivity index (χ2n) is 5.50. The Morgan fingerprint density at radius 3 is 2.38 bits per heavy atom. The van der Waals surface area contributed by atoms with Crippen LogP contribution in [0.25, 0.3) is 0 Å². The summed E-state index contributed by atoms with van der Waals surface area (Å²) < 4.78 is 31.5. The summed E-state index contributed by atoms with van der Waals surface area (Å²) in [5.74, 6) is -0.330. The second kappa shape index (κ2) is 8.91. The van der Waals surface area contributed by atoms with Gasteiger partial charge in [0.1, 0.15) is 0 Å². The van der Waals surface area contributed by atoms with Crippen LogP contribution < -0.4 is 4.72 Å². The predicted octanol–water partition coefficient (Wildman–Crippen LogP) is 0.314. The summed E-state index contributed by atoms with van der Waals surface area (Å²) in [6, 6.07) is 9.41. The van der Waals surface area contributed by atoms with Gasteiger partial charge in [0.2, 0.25) is 21.8 Å². The molecule has 2 rings (SSSR count). The van der Waals surface area contributed by atoms with E-state index in [0.717, 1.165) is 5.56 Å². The lowest BCUT2D eigenvalue weighted by Gasteiger charge is -2.13. The van der Waals surface area contributed by atoms with E-state index in [9.17, 15) is 18.0 Å². The first kappa shape index (κ1) is 18.6. The van der Waals surface area contributed by atoms with Crippen molar-refractivity contribution < 1.29 is 22.7 Å². The van der Waals surface area contributed by atoms with E-state index in [4.69, 9.17) is 4.74 Å². The van der Waals surface area contributed by atoms with Gasteiger partial charge in [-0.1, -0.05) is 30.3 Å². The number of likely N-dealkylation sites (tertiary alicyclic amines) is 1. The molecular weight excluding hydrogens is 332 g/mol. The molecule has 0 aromatic heterocycles. The summed E-state index contributed by atoms with van der Waals surface area (Å²) in [6.45, 7) is 0.793. The molecule has 0 bridgehead atoms. The molecule has 0 radical (unpaired) electrons. The van der Waals surface area contributed by atoms with Gasteiger partial charge in [-0.2, -0.15) is 0 Å². The van der Waals surface area contributed by atoms with Crippen molar-refractivity contribution in [3.63, 3.8) is 0 Å². The minimum atomic E-state index is -3.35. The largest absolute Gasteiger partial charge is 0.378 e. The molecule has 0 spiro atoms. The van der Waals surface area contributed by atoms with Gasteiger partial charge < -0.3 is 4.74 Å². The Hall–Kier alpha value is -1.77. The smallest absolute Gasteiger partial charge is 0.229 e. The average molecular weight is 354 g/mol. The maximum Gasteiger partial charge on any atom is 0.229 e. The Morgan fingerprint density at radius 1 is 1.04 bits per heavy atom. The number of rotatable bonds is 10. The topological polar surface area (TPSA) is 92.8 Å². The predicted molar refractivity (Wildman–Crippen MR) is 88.7 cm³/mol. The van der Waals surface area contributed by atoms with Gasteiger partial charge >= 0.3 is 0 Å². The van der Waals surface area contributed by atoms with E-state index < -0.39 is 10.0 Å². The van der Waals surface area contributed by atoms with E-state index in [1.165, 1.54) is 4.90 Å². The van der Waals surface area contributed by atoms with E-state index in [0.29, 0.717) is 6.42 Å². The summed E-state index contributed by atoms with van der Waals surface area (Å²) in [5, 5.41) is 0. The fourth-order valence-electron chi connectivity index (χ4n) is 2.37. The number of hydrogen-bond donors (Lipinski definition) is 1. The Labute approximate surface area is 142 Å². The molecule has 0 saturated carbocycles. The molecular formula is C16H22N2O5S. The van der Waals surface area contributed by atoms with Crippen LogP contribution in [-0.4, -0.2) is 57.2 Å². The SMILES string of the molecule is O=C1CCC(=O)N1CCOCCNS(=O)(=O)CCc1ccccc1. The highest BCUT2D eigenvalue weighted by Crippen LogP contribution is 2.10. The number of carbonyl (C=O) groups excluding carboxylic acids is 2. The molecule has 1 aromatic rings. The highest BCUT2D eigenvalue weighted by Gasteiger charge is 2.28. The molecule has 1 aliphatic heterocycles. The third-order valence-electron chi connectivity index (χ3n) is 3.68. The van der Waals surface area contributed by atoms with Crippen LogP contribution in [0.5, 0.6) is 0 Å². The van der Waals surface area contributed by atoms with Crippen molar-refractivity contribution >= 4 is 21.8 Å². The number of nitrogens with one attached hydrogen (secondary N) is 1. The first-order valence-corrected chi connectivity index (χ1v) is 9.55. The van der Waals surface area contributed by atoms with Gasteiger partial charge in [0.25, 0.3) is 0 Å². The van der Waals surface area contributed by atoms with Gasteiger partial charge in [-0.15, -0.1) is 0 Å². The Morgan fingerprint density at radius 2 is 1.71 bits per heavy atom. The highest BCUT2D eigenvalue weighted by atomic mass is 32.2. The molecule has 0 aliphatic carbocycles. The number of aryl methyl sites for hydroxylation is 1. The van der Waals surface area contributed by atoms with Crippen LogP contribution in [-0.2, 0) is 30.8 Å². The van der Waals surface area contributed by atoms with Crippen molar-refractivity contribution in [1.82, 2.24) is 9.62 Å². The zero-order valence-electron chi connectivity index (χ0n) is 13.4. The van der Waals surface area contributed by atoms with Crippen LogP contribution in [0, 0.1) is 0 Å². The first-order valence-electron chi connectivity index (χ1n) is 7.90. The molecule has 1 heterocycles. The molecule has 7 nitrogen and oxygen atoms in total. The Kier molecular flexibility index (Phi) is 6.89. The van der Waals surface area contributed by atoms with E-state index in [2.05, 4.69) is 4.72 Å². The summed E-state index contributed by atoms with van der Waals surface area (Å²) in [7, 11) is -3.35. The monoisotopic (exact) mass is 354 g/mol. The number of hydrogen-bond acceptors (Lipinski definition) is 5. The quantitative estimate of drug-likeness (QED) is 0.482. The third kappa shape index (κ3) is 6.03.